The summed E-state index contributed by atoms with van der Waals surface area (Å²) in [4.78, 5) is 81.3. The average molecular weight is 823 g/mol. The van der Waals surface area contributed by atoms with E-state index in [0.717, 1.165) is 4.90 Å². The third-order valence-corrected chi connectivity index (χ3v) is 12.1. The van der Waals surface area contributed by atoms with Gasteiger partial charge in [-0.1, -0.05) is 12.1 Å². The van der Waals surface area contributed by atoms with Gasteiger partial charge < -0.3 is 54.4 Å². The molecule has 4 saturated heterocycles. The van der Waals surface area contributed by atoms with Gasteiger partial charge in [0.15, 0.2) is 24.6 Å². The number of carbonyl (C=O) groups excluding carboxylic acids is 6. The van der Waals surface area contributed by atoms with Crippen LogP contribution in [0.5, 0.6) is 17.2 Å². The summed E-state index contributed by atoms with van der Waals surface area (Å²) in [6, 6.07) is 4.18. The Morgan fingerprint density at radius 2 is 1.69 bits per heavy atom. The quantitative estimate of drug-likeness (QED) is 0.0964. The summed E-state index contributed by atoms with van der Waals surface area (Å²) in [6.07, 6.45) is -5.15. The highest BCUT2D eigenvalue weighted by Gasteiger charge is 2.55. The van der Waals surface area contributed by atoms with Crippen molar-refractivity contribution in [1.82, 2.24) is 20.4 Å². The lowest BCUT2D eigenvalue weighted by molar-refractivity contribution is -0.256. The number of imide groups is 1. The fraction of sp³-hybridized carbons (Fsp3) is 0.550. The van der Waals surface area contributed by atoms with Crippen LogP contribution in [0.1, 0.15) is 88.1 Å². The minimum atomic E-state index is -2.31. The molecule has 4 aliphatic heterocycles. The van der Waals surface area contributed by atoms with Crippen LogP contribution in [0.2, 0.25) is 0 Å². The first-order valence-corrected chi connectivity index (χ1v) is 19.6. The van der Waals surface area contributed by atoms with Crippen LogP contribution in [0.3, 0.4) is 0 Å². The van der Waals surface area contributed by atoms with Gasteiger partial charge in [0.25, 0.3) is 5.91 Å². The van der Waals surface area contributed by atoms with Gasteiger partial charge in [0.2, 0.25) is 23.5 Å². The number of rotatable bonds is 11. The SMILES string of the molecule is COc1cccc2c1C(=O)c1c(O)c3c(c(O)c1C2=O)C[C@@](O)(C(=O)NCCNC(=O)CCN1C(=O)CCC1=O)C[C@@H]3O[C@H]1C[C@H]2[C@H](O[C@@H]3[C@@H](OC)OCCN32)[C@H](C)O1. The first-order chi connectivity index (χ1) is 28.3. The number of ketones is 2. The zero-order valence-corrected chi connectivity index (χ0v) is 32.7. The maximum Gasteiger partial charge on any atom is 0.252 e. The van der Waals surface area contributed by atoms with E-state index in [2.05, 4.69) is 15.5 Å². The molecule has 5 N–H and O–H groups in total. The highest BCUT2D eigenvalue weighted by molar-refractivity contribution is 6.31. The van der Waals surface area contributed by atoms with Crippen LogP contribution in [0.25, 0.3) is 0 Å². The van der Waals surface area contributed by atoms with E-state index in [1.54, 1.807) is 0 Å². The molecule has 4 amide bonds. The number of ether oxygens (including phenoxy) is 6. The number of hydrogen-bond acceptors (Lipinski definition) is 16. The maximum atomic E-state index is 14.1. The first kappa shape index (κ1) is 40.7. The van der Waals surface area contributed by atoms with Crippen LogP contribution in [-0.2, 0) is 49.3 Å². The molecule has 2 aliphatic carbocycles. The molecule has 2 aromatic carbocycles. The number of fused-ring (bicyclic) bond motifs is 6. The molecule has 0 saturated carbocycles. The lowest BCUT2D eigenvalue weighted by Gasteiger charge is -2.43. The minimum absolute atomic E-state index is 0.0659. The van der Waals surface area contributed by atoms with Gasteiger partial charge in [-0.05, 0) is 13.0 Å². The van der Waals surface area contributed by atoms with E-state index in [1.807, 2.05) is 6.92 Å². The largest absolute Gasteiger partial charge is 0.507 e. The molecular formula is C40H46N4O15. The number of aromatic hydroxyl groups is 2. The Morgan fingerprint density at radius 1 is 0.966 bits per heavy atom. The molecule has 19 heteroatoms. The minimum Gasteiger partial charge on any atom is -0.507 e. The number of methoxy groups -OCH3 is 2. The van der Waals surface area contributed by atoms with Crippen LogP contribution >= 0.6 is 0 Å². The smallest absolute Gasteiger partial charge is 0.252 e. The molecule has 0 unspecified atom stereocenters. The second kappa shape index (κ2) is 15.9. The Hall–Kier alpha value is -5.02. The summed E-state index contributed by atoms with van der Waals surface area (Å²) >= 11 is 0. The predicted octanol–water partition coefficient (Wildman–Crippen LogP) is -0.0786. The summed E-state index contributed by atoms with van der Waals surface area (Å²) in [5.41, 5.74) is -3.69. The number of morpholine rings is 1. The Bertz CT molecular complexity index is 2090. The Kier molecular flexibility index (Phi) is 11.0. The maximum absolute atomic E-state index is 14.1. The van der Waals surface area contributed by atoms with E-state index < -0.39 is 95.5 Å². The second-order valence-corrected chi connectivity index (χ2v) is 15.5. The average Bonchev–Trinajstić information content (AvgIpc) is 3.76. The number of nitrogens with one attached hydrogen (secondary N) is 2. The van der Waals surface area contributed by atoms with Gasteiger partial charge in [-0.15, -0.1) is 0 Å². The van der Waals surface area contributed by atoms with E-state index in [-0.39, 0.29) is 97.3 Å². The topological polar surface area (TPSA) is 249 Å². The highest BCUT2D eigenvalue weighted by atomic mass is 16.7. The monoisotopic (exact) mass is 822 g/mol. The molecule has 4 fully saturated rings. The van der Waals surface area contributed by atoms with Crippen LogP contribution < -0.4 is 15.4 Å². The van der Waals surface area contributed by atoms with Crippen molar-refractivity contribution in [1.29, 1.82) is 0 Å². The van der Waals surface area contributed by atoms with E-state index in [4.69, 9.17) is 28.4 Å². The third-order valence-electron chi connectivity index (χ3n) is 12.1. The van der Waals surface area contributed by atoms with Crippen molar-refractivity contribution >= 4 is 35.2 Å². The van der Waals surface area contributed by atoms with Crippen LogP contribution in [-0.4, -0.2) is 150 Å². The number of phenolic OH excluding ortho intramolecular Hbond substituents is 2. The second-order valence-electron chi connectivity index (χ2n) is 15.5. The van der Waals surface area contributed by atoms with Crippen molar-refractivity contribution < 1.29 is 72.5 Å². The number of likely N-dealkylation sites (tertiary alicyclic amines) is 1. The van der Waals surface area contributed by atoms with Crippen LogP contribution in [0, 0.1) is 0 Å². The van der Waals surface area contributed by atoms with E-state index >= 15 is 0 Å². The van der Waals surface area contributed by atoms with Gasteiger partial charge in [0, 0.05) is 94.5 Å². The van der Waals surface area contributed by atoms with Crippen molar-refractivity contribution in [3.63, 3.8) is 0 Å². The van der Waals surface area contributed by atoms with Gasteiger partial charge in [-0.3, -0.25) is 38.6 Å². The number of amides is 4. The van der Waals surface area contributed by atoms with E-state index in [1.165, 1.54) is 32.4 Å². The van der Waals surface area contributed by atoms with E-state index in [9.17, 15) is 44.1 Å². The Balaban J connectivity index is 1.06. The summed E-state index contributed by atoms with van der Waals surface area (Å²) in [5.74, 6) is -4.88. The zero-order valence-electron chi connectivity index (χ0n) is 32.7. The number of phenols is 2. The van der Waals surface area contributed by atoms with Crippen molar-refractivity contribution in [2.75, 3.05) is 47.0 Å². The van der Waals surface area contributed by atoms with E-state index in [0.29, 0.717) is 13.2 Å². The number of benzene rings is 2. The van der Waals surface area contributed by atoms with Crippen molar-refractivity contribution in [3.8, 4) is 17.2 Å². The lowest BCUT2D eigenvalue weighted by atomic mass is 9.72. The molecule has 0 aromatic heterocycles. The fourth-order valence-corrected chi connectivity index (χ4v) is 9.22. The molecule has 8 rings (SSSR count). The first-order valence-electron chi connectivity index (χ1n) is 19.6. The Morgan fingerprint density at radius 3 is 2.42 bits per heavy atom. The third kappa shape index (κ3) is 7.03. The number of aliphatic hydroxyl groups is 1. The molecule has 316 valence electrons. The molecular weight excluding hydrogens is 776 g/mol. The van der Waals surface area contributed by atoms with Crippen molar-refractivity contribution in [2.45, 2.75) is 94.2 Å². The number of nitrogens with zero attached hydrogens (tertiary/aromatic N) is 2. The molecule has 59 heavy (non-hydrogen) atoms. The highest BCUT2D eigenvalue weighted by Crippen LogP contribution is 2.53. The van der Waals surface area contributed by atoms with Gasteiger partial charge in [-0.2, -0.15) is 0 Å². The molecule has 19 nitrogen and oxygen atoms in total. The molecule has 0 bridgehead atoms. The van der Waals surface area contributed by atoms with Crippen molar-refractivity contribution in [3.05, 3.63) is 51.6 Å². The predicted molar refractivity (Wildman–Crippen MR) is 198 cm³/mol. The standard InChI is InChI=1S/C40H46N4O15/c1-18-36-21(43-13-14-56-38(55-3)37(43)59-36)15-27(57-18)58-23-17-40(53,39(52)42-11-10-41-24(45)9-12-44-25(46)7-8-26(44)47)16-20-29(23)35(51)31-30(33(20)49)32(48)19-5-4-6-22(54-2)28(19)34(31)50/h4-6,18,21,23,27,36-38,49,51,53H,7-17H2,1-3H3,(H,41,45)(H,42,52)/t18-,21-,23-,27-,36+,37+,38-,40-/m0/s1. The van der Waals surface area contributed by atoms with Crippen LogP contribution in [0.4, 0.5) is 0 Å². The molecule has 0 spiro atoms. The van der Waals surface area contributed by atoms with Gasteiger partial charge in [0.05, 0.1) is 42.6 Å². The Labute approximate surface area is 337 Å². The molecule has 8 atom stereocenters. The van der Waals surface area contributed by atoms with Crippen LogP contribution in [0.15, 0.2) is 18.2 Å². The number of carbonyl (C=O) groups is 6. The molecule has 6 aliphatic rings. The molecule has 4 heterocycles. The summed E-state index contributed by atoms with van der Waals surface area (Å²) < 4.78 is 35.8. The molecule has 0 radical (unpaired) electrons. The van der Waals surface area contributed by atoms with Crippen molar-refractivity contribution in [2.24, 2.45) is 0 Å². The summed E-state index contributed by atoms with van der Waals surface area (Å²) in [5, 5.41) is 41.2. The number of hydrogen-bond donors (Lipinski definition) is 5. The fourth-order valence-electron chi connectivity index (χ4n) is 9.22. The molecule has 2 aromatic rings. The zero-order chi connectivity index (χ0) is 41.9. The van der Waals surface area contributed by atoms with Gasteiger partial charge in [0.1, 0.15) is 29.0 Å². The summed E-state index contributed by atoms with van der Waals surface area (Å²) in [6.45, 7) is 2.47. The summed E-state index contributed by atoms with van der Waals surface area (Å²) in [7, 11) is 2.86. The normalized spacial score (nSPS) is 30.0. The lowest BCUT2D eigenvalue weighted by Crippen LogP contribution is -2.55. The van der Waals surface area contributed by atoms with Gasteiger partial charge >= 0.3 is 0 Å². The van der Waals surface area contributed by atoms with Gasteiger partial charge in [-0.25, -0.2) is 0 Å².